The number of ether oxygens (including phenoxy) is 1. The van der Waals surface area contributed by atoms with Gasteiger partial charge in [0.15, 0.2) is 0 Å². The molecule has 0 aliphatic rings. The fourth-order valence-corrected chi connectivity index (χ4v) is 0.961. The van der Waals surface area contributed by atoms with Crippen molar-refractivity contribution in [3.63, 3.8) is 0 Å². The average Bonchev–Trinajstić information content (AvgIpc) is 2.01. The van der Waals surface area contributed by atoms with Crippen LogP contribution >= 0.6 is 0 Å². The molecule has 0 saturated carbocycles. The first kappa shape index (κ1) is 12.3. The van der Waals surface area contributed by atoms with E-state index in [4.69, 9.17) is 0 Å². The van der Waals surface area contributed by atoms with Gasteiger partial charge in [0.25, 0.3) is 0 Å². The molecule has 0 bridgehead atoms. The molecule has 0 saturated heterocycles. The van der Waals surface area contributed by atoms with Crippen molar-refractivity contribution in [2.24, 2.45) is 11.8 Å². The number of halogens is 3. The first-order valence-electron chi connectivity index (χ1n) is 3.93. The largest absolute Gasteiger partial charge is 0.469 e. The lowest BCUT2D eigenvalue weighted by Gasteiger charge is -2.18. The molecule has 0 aliphatic carbocycles. The molecule has 2 atom stereocenters. The van der Waals surface area contributed by atoms with Crippen LogP contribution in [0.5, 0.6) is 0 Å². The summed E-state index contributed by atoms with van der Waals surface area (Å²) in [6, 6.07) is 0. The lowest BCUT2D eigenvalue weighted by atomic mass is 9.97. The Morgan fingerprint density at radius 2 is 1.85 bits per heavy atom. The zero-order valence-electron chi connectivity index (χ0n) is 7.81. The van der Waals surface area contributed by atoms with Gasteiger partial charge in [-0.15, -0.1) is 0 Å². The van der Waals surface area contributed by atoms with Gasteiger partial charge in [-0.25, -0.2) is 0 Å². The third kappa shape index (κ3) is 4.15. The van der Waals surface area contributed by atoms with Gasteiger partial charge in [-0.05, 0) is 6.42 Å². The zero-order chi connectivity index (χ0) is 10.6. The third-order valence-electron chi connectivity index (χ3n) is 1.87. The Morgan fingerprint density at radius 3 is 2.15 bits per heavy atom. The van der Waals surface area contributed by atoms with Crippen molar-refractivity contribution in [2.45, 2.75) is 26.4 Å². The second-order valence-corrected chi connectivity index (χ2v) is 3.10. The molecule has 0 radical (unpaired) electrons. The van der Waals surface area contributed by atoms with E-state index in [1.54, 1.807) is 0 Å². The molecule has 2 nitrogen and oxygen atoms in total. The van der Waals surface area contributed by atoms with Crippen molar-refractivity contribution >= 4 is 5.97 Å². The number of esters is 1. The van der Waals surface area contributed by atoms with Crippen LogP contribution in [-0.2, 0) is 9.53 Å². The van der Waals surface area contributed by atoms with Crippen molar-refractivity contribution in [1.82, 2.24) is 0 Å². The zero-order valence-corrected chi connectivity index (χ0v) is 7.81. The molecule has 0 N–H and O–H groups in total. The van der Waals surface area contributed by atoms with Gasteiger partial charge in [0, 0.05) is 0 Å². The fourth-order valence-electron chi connectivity index (χ4n) is 0.961. The van der Waals surface area contributed by atoms with Gasteiger partial charge in [-0.2, -0.15) is 13.2 Å². The van der Waals surface area contributed by atoms with E-state index in [9.17, 15) is 18.0 Å². The minimum Gasteiger partial charge on any atom is -0.469 e. The number of rotatable bonds is 3. The van der Waals surface area contributed by atoms with Gasteiger partial charge in [0.2, 0.25) is 0 Å². The standard InChI is InChI=1S/C8H13F3O2/c1-5(7(12)13-3)4-6(2)8(9,10)11/h5-6H,4H2,1-3H3/t5-,6-/m0/s1. The van der Waals surface area contributed by atoms with Gasteiger partial charge in [0.1, 0.15) is 0 Å². The number of methoxy groups -OCH3 is 1. The third-order valence-corrected chi connectivity index (χ3v) is 1.87. The van der Waals surface area contributed by atoms with Gasteiger partial charge in [0.05, 0.1) is 18.9 Å². The molecule has 0 spiro atoms. The lowest BCUT2D eigenvalue weighted by Crippen LogP contribution is -2.25. The molecule has 0 aromatic heterocycles. The van der Waals surface area contributed by atoms with Gasteiger partial charge in [-0.3, -0.25) is 4.79 Å². The molecule has 0 heterocycles. The monoisotopic (exact) mass is 198 g/mol. The van der Waals surface area contributed by atoms with E-state index >= 15 is 0 Å². The predicted octanol–water partition coefficient (Wildman–Crippen LogP) is 2.38. The average molecular weight is 198 g/mol. The lowest BCUT2D eigenvalue weighted by molar-refractivity contribution is -0.176. The summed E-state index contributed by atoms with van der Waals surface area (Å²) in [7, 11) is 1.16. The highest BCUT2D eigenvalue weighted by Crippen LogP contribution is 2.30. The highest BCUT2D eigenvalue weighted by Gasteiger charge is 2.37. The maximum atomic E-state index is 12.0. The molecular weight excluding hydrogens is 185 g/mol. The van der Waals surface area contributed by atoms with Crippen LogP contribution in [0.15, 0.2) is 0 Å². The highest BCUT2D eigenvalue weighted by atomic mass is 19.4. The Kier molecular flexibility index (Phi) is 4.23. The summed E-state index contributed by atoms with van der Waals surface area (Å²) < 4.78 is 40.4. The summed E-state index contributed by atoms with van der Waals surface area (Å²) in [5, 5.41) is 0. The van der Waals surface area contributed by atoms with E-state index in [0.29, 0.717) is 0 Å². The van der Waals surface area contributed by atoms with Gasteiger partial charge >= 0.3 is 12.1 Å². The van der Waals surface area contributed by atoms with Crippen molar-refractivity contribution < 1.29 is 22.7 Å². The van der Waals surface area contributed by atoms with Crippen LogP contribution in [-0.4, -0.2) is 19.3 Å². The van der Waals surface area contributed by atoms with Crippen LogP contribution in [0.2, 0.25) is 0 Å². The molecule has 5 heteroatoms. The number of carbonyl (C=O) groups is 1. The first-order chi connectivity index (χ1) is 5.79. The van der Waals surface area contributed by atoms with Crippen LogP contribution in [0.25, 0.3) is 0 Å². The summed E-state index contributed by atoms with van der Waals surface area (Å²) >= 11 is 0. The molecule has 0 fully saturated rings. The normalized spacial score (nSPS) is 16.5. The van der Waals surface area contributed by atoms with Crippen molar-refractivity contribution in [1.29, 1.82) is 0 Å². The molecule has 13 heavy (non-hydrogen) atoms. The van der Waals surface area contributed by atoms with E-state index in [0.717, 1.165) is 14.0 Å². The Labute approximate surface area is 75.1 Å². The Morgan fingerprint density at radius 1 is 1.38 bits per heavy atom. The van der Waals surface area contributed by atoms with Gasteiger partial charge < -0.3 is 4.74 Å². The molecule has 0 aromatic rings. The number of carbonyl (C=O) groups excluding carboxylic acids is 1. The Hall–Kier alpha value is -0.740. The van der Waals surface area contributed by atoms with Crippen LogP contribution in [0, 0.1) is 11.8 Å². The number of hydrogen-bond acceptors (Lipinski definition) is 2. The molecular formula is C8H13F3O2. The first-order valence-corrected chi connectivity index (χ1v) is 3.93. The molecule has 0 unspecified atom stereocenters. The quantitative estimate of drug-likeness (QED) is 0.651. The summed E-state index contributed by atoms with van der Waals surface area (Å²) in [6.07, 6.45) is -4.46. The van der Waals surface area contributed by atoms with E-state index in [-0.39, 0.29) is 6.42 Å². The molecule has 0 rings (SSSR count). The van der Waals surface area contributed by atoms with Gasteiger partial charge in [-0.1, -0.05) is 13.8 Å². The number of hydrogen-bond donors (Lipinski definition) is 0. The number of alkyl halides is 3. The van der Waals surface area contributed by atoms with Crippen LogP contribution in [0.3, 0.4) is 0 Å². The summed E-state index contributed by atoms with van der Waals surface area (Å²) in [6.45, 7) is 2.48. The fraction of sp³-hybridized carbons (Fsp3) is 0.875. The molecule has 0 aromatic carbocycles. The SMILES string of the molecule is COC(=O)[C@@H](C)C[C@H](C)C(F)(F)F. The van der Waals surface area contributed by atoms with Crippen molar-refractivity contribution in [3.05, 3.63) is 0 Å². The molecule has 0 amide bonds. The maximum absolute atomic E-state index is 12.0. The van der Waals surface area contributed by atoms with Crippen LogP contribution in [0.1, 0.15) is 20.3 Å². The summed E-state index contributed by atoms with van der Waals surface area (Å²) in [5.41, 5.74) is 0. The van der Waals surface area contributed by atoms with Crippen molar-refractivity contribution in [3.8, 4) is 0 Å². The predicted molar refractivity (Wildman–Crippen MR) is 41.0 cm³/mol. The minimum absolute atomic E-state index is 0.226. The second kappa shape index (κ2) is 4.48. The Balaban J connectivity index is 4.06. The highest BCUT2D eigenvalue weighted by molar-refractivity contribution is 5.71. The summed E-state index contributed by atoms with van der Waals surface area (Å²) in [5.74, 6) is -2.78. The molecule has 78 valence electrons. The van der Waals surface area contributed by atoms with Crippen LogP contribution < -0.4 is 0 Å². The van der Waals surface area contributed by atoms with Crippen molar-refractivity contribution in [2.75, 3.05) is 7.11 Å². The van der Waals surface area contributed by atoms with E-state index in [1.807, 2.05) is 0 Å². The van der Waals surface area contributed by atoms with E-state index in [2.05, 4.69) is 4.74 Å². The second-order valence-electron chi connectivity index (χ2n) is 3.10. The Bertz CT molecular complexity index is 177. The summed E-state index contributed by atoms with van der Waals surface area (Å²) in [4.78, 5) is 10.8. The van der Waals surface area contributed by atoms with Crippen LogP contribution in [0.4, 0.5) is 13.2 Å². The molecule has 0 aliphatic heterocycles. The minimum atomic E-state index is -4.23. The topological polar surface area (TPSA) is 26.3 Å². The smallest absolute Gasteiger partial charge is 0.391 e. The van der Waals surface area contributed by atoms with E-state index < -0.39 is 24.0 Å². The van der Waals surface area contributed by atoms with E-state index in [1.165, 1.54) is 6.92 Å². The maximum Gasteiger partial charge on any atom is 0.391 e.